The van der Waals surface area contributed by atoms with Gasteiger partial charge in [-0.25, -0.2) is 4.39 Å². The summed E-state index contributed by atoms with van der Waals surface area (Å²) < 4.78 is 13.3. The topological polar surface area (TPSA) is 87.2 Å². The van der Waals surface area contributed by atoms with E-state index in [1.807, 2.05) is 24.3 Å². The molecule has 0 saturated heterocycles. The first-order valence-electron chi connectivity index (χ1n) is 7.16. The molecule has 3 rings (SSSR count). The fourth-order valence-corrected chi connectivity index (χ4v) is 3.03. The quantitative estimate of drug-likeness (QED) is 0.448. The smallest absolute Gasteiger partial charge is 0.299 e. The zero-order valence-electron chi connectivity index (χ0n) is 13.0. The predicted octanol–water partition coefficient (Wildman–Crippen LogP) is 3.26. The van der Waals surface area contributed by atoms with Crippen LogP contribution in [0.25, 0.3) is 0 Å². The van der Waals surface area contributed by atoms with Crippen molar-refractivity contribution in [3.05, 3.63) is 65.0 Å². The standard InChI is InChI=1S/C17H14FN3O2S.BrH/c18-12-5-6-14-13(7-12)15(22)16(23)21(14)8-10-1-3-11(4-2-10)9-24-17(19)20;/h1-7H,8-9H2,(H3,19,20);1H. The van der Waals surface area contributed by atoms with Gasteiger partial charge in [-0.2, -0.15) is 0 Å². The van der Waals surface area contributed by atoms with Crippen LogP contribution in [-0.2, 0) is 17.1 Å². The second-order valence-corrected chi connectivity index (χ2v) is 6.37. The zero-order chi connectivity index (χ0) is 17.3. The average Bonchev–Trinajstić information content (AvgIpc) is 2.79. The first-order valence-corrected chi connectivity index (χ1v) is 8.14. The number of fused-ring (bicyclic) bond motifs is 1. The number of amides is 1. The fourth-order valence-electron chi connectivity index (χ4n) is 2.51. The Hall–Kier alpha value is -2.19. The molecule has 1 amide bonds. The molecule has 8 heteroatoms. The third kappa shape index (κ3) is 4.08. The molecule has 25 heavy (non-hydrogen) atoms. The number of thioether (sulfide) groups is 1. The highest BCUT2D eigenvalue weighted by Gasteiger charge is 2.35. The van der Waals surface area contributed by atoms with E-state index in [0.29, 0.717) is 11.4 Å². The van der Waals surface area contributed by atoms with Crippen LogP contribution < -0.4 is 10.6 Å². The van der Waals surface area contributed by atoms with Crippen molar-refractivity contribution in [1.29, 1.82) is 5.41 Å². The molecule has 0 fully saturated rings. The van der Waals surface area contributed by atoms with Gasteiger partial charge in [-0.3, -0.25) is 15.0 Å². The van der Waals surface area contributed by atoms with Gasteiger partial charge >= 0.3 is 0 Å². The number of amidine groups is 1. The Bertz CT molecular complexity index is 842. The average molecular weight is 424 g/mol. The number of ketones is 1. The van der Waals surface area contributed by atoms with Crippen molar-refractivity contribution in [2.75, 3.05) is 4.90 Å². The second-order valence-electron chi connectivity index (χ2n) is 5.35. The third-order valence-electron chi connectivity index (χ3n) is 3.69. The van der Waals surface area contributed by atoms with Crippen molar-refractivity contribution in [2.45, 2.75) is 12.3 Å². The summed E-state index contributed by atoms with van der Waals surface area (Å²) in [5.74, 6) is -1.27. The molecule has 0 unspecified atom stereocenters. The number of nitrogens with one attached hydrogen (secondary N) is 1. The molecule has 130 valence electrons. The van der Waals surface area contributed by atoms with Crippen molar-refractivity contribution in [3.8, 4) is 0 Å². The van der Waals surface area contributed by atoms with Crippen LogP contribution in [-0.4, -0.2) is 16.9 Å². The molecule has 0 radical (unpaired) electrons. The van der Waals surface area contributed by atoms with Crippen molar-refractivity contribution in [2.24, 2.45) is 5.73 Å². The number of halogens is 2. The number of benzene rings is 2. The molecule has 0 aromatic heterocycles. The van der Waals surface area contributed by atoms with E-state index in [-0.39, 0.29) is 34.3 Å². The molecule has 0 atom stereocenters. The van der Waals surface area contributed by atoms with Gasteiger partial charge in [-0.1, -0.05) is 36.0 Å². The number of carbonyl (C=O) groups is 2. The normalized spacial score (nSPS) is 12.8. The van der Waals surface area contributed by atoms with Gasteiger partial charge in [0.15, 0.2) is 5.17 Å². The van der Waals surface area contributed by atoms with E-state index >= 15 is 0 Å². The SMILES string of the molecule is Br.N=C(N)SCc1ccc(CN2C(=O)C(=O)c3cc(F)ccc32)cc1. The summed E-state index contributed by atoms with van der Waals surface area (Å²) in [6.07, 6.45) is 0. The van der Waals surface area contributed by atoms with Crippen molar-refractivity contribution >= 4 is 51.3 Å². The van der Waals surface area contributed by atoms with E-state index in [0.717, 1.165) is 17.2 Å². The molecule has 1 heterocycles. The number of hydrogen-bond donors (Lipinski definition) is 2. The number of hydrogen-bond acceptors (Lipinski definition) is 4. The number of anilines is 1. The van der Waals surface area contributed by atoms with Gasteiger partial charge in [-0.05, 0) is 29.3 Å². The molecule has 1 aliphatic rings. The number of Topliss-reactive ketones (excluding diaryl/α,β-unsaturated/α-hetero) is 1. The molecule has 0 saturated carbocycles. The molecular weight excluding hydrogens is 409 g/mol. The van der Waals surface area contributed by atoms with Gasteiger partial charge in [0, 0.05) is 5.75 Å². The van der Waals surface area contributed by atoms with E-state index in [9.17, 15) is 14.0 Å². The minimum Gasteiger partial charge on any atom is -0.379 e. The first-order chi connectivity index (χ1) is 11.5. The third-order valence-corrected chi connectivity index (χ3v) is 4.48. The molecule has 0 bridgehead atoms. The summed E-state index contributed by atoms with van der Waals surface area (Å²) in [5, 5.41) is 7.26. The molecule has 3 N–H and O–H groups in total. The summed E-state index contributed by atoms with van der Waals surface area (Å²) in [6.45, 7) is 0.239. The highest BCUT2D eigenvalue weighted by Crippen LogP contribution is 2.30. The van der Waals surface area contributed by atoms with Gasteiger partial charge in [0.2, 0.25) is 0 Å². The van der Waals surface area contributed by atoms with Crippen LogP contribution in [0.4, 0.5) is 10.1 Å². The minimum atomic E-state index is -0.682. The molecule has 0 aliphatic carbocycles. The minimum absolute atomic E-state index is 0. The Morgan fingerprint density at radius 1 is 1.12 bits per heavy atom. The zero-order valence-corrected chi connectivity index (χ0v) is 15.5. The summed E-state index contributed by atoms with van der Waals surface area (Å²) in [7, 11) is 0. The Kier molecular flexibility index (Phi) is 5.97. The van der Waals surface area contributed by atoms with Crippen molar-refractivity contribution < 1.29 is 14.0 Å². The molecular formula is C17H15BrFN3O2S. The molecule has 1 aliphatic heterocycles. The first kappa shape index (κ1) is 19.1. The van der Waals surface area contributed by atoms with E-state index in [2.05, 4.69) is 0 Å². The summed E-state index contributed by atoms with van der Waals surface area (Å²) in [6, 6.07) is 11.3. The van der Waals surface area contributed by atoms with Crippen LogP contribution in [0.5, 0.6) is 0 Å². The highest BCUT2D eigenvalue weighted by atomic mass is 79.9. The van der Waals surface area contributed by atoms with Gasteiger partial charge in [0.05, 0.1) is 17.8 Å². The monoisotopic (exact) mass is 423 g/mol. The maximum Gasteiger partial charge on any atom is 0.299 e. The van der Waals surface area contributed by atoms with E-state index in [4.69, 9.17) is 11.1 Å². The van der Waals surface area contributed by atoms with E-state index in [1.165, 1.54) is 28.8 Å². The molecule has 5 nitrogen and oxygen atoms in total. The lowest BCUT2D eigenvalue weighted by atomic mass is 10.1. The predicted molar refractivity (Wildman–Crippen MR) is 102 cm³/mol. The second kappa shape index (κ2) is 7.79. The number of rotatable bonds is 4. The Labute approximate surface area is 158 Å². The Morgan fingerprint density at radius 2 is 1.76 bits per heavy atom. The number of nitrogens with two attached hydrogens (primary N) is 1. The summed E-state index contributed by atoms with van der Waals surface area (Å²) in [5.41, 5.74) is 7.70. The molecule has 2 aromatic rings. The Morgan fingerprint density at radius 3 is 2.40 bits per heavy atom. The van der Waals surface area contributed by atoms with Crippen LogP contribution in [0, 0.1) is 11.2 Å². The largest absolute Gasteiger partial charge is 0.379 e. The highest BCUT2D eigenvalue weighted by molar-refractivity contribution is 8.93. The van der Waals surface area contributed by atoms with E-state index in [1.54, 1.807) is 0 Å². The fraction of sp³-hybridized carbons (Fsp3) is 0.118. The van der Waals surface area contributed by atoms with Crippen molar-refractivity contribution in [3.63, 3.8) is 0 Å². The number of carbonyl (C=O) groups excluding carboxylic acids is 2. The van der Waals surface area contributed by atoms with Crippen molar-refractivity contribution in [1.82, 2.24) is 0 Å². The lowest BCUT2D eigenvalue weighted by molar-refractivity contribution is -0.114. The molecule has 0 spiro atoms. The number of nitrogens with zero attached hydrogens (tertiary/aromatic N) is 1. The van der Waals surface area contributed by atoms with Crippen LogP contribution in [0.1, 0.15) is 21.5 Å². The van der Waals surface area contributed by atoms with Gasteiger partial charge < -0.3 is 10.6 Å². The van der Waals surface area contributed by atoms with Gasteiger partial charge in [-0.15, -0.1) is 17.0 Å². The van der Waals surface area contributed by atoms with Gasteiger partial charge in [0.25, 0.3) is 11.7 Å². The lowest BCUT2D eigenvalue weighted by Crippen LogP contribution is -2.29. The van der Waals surface area contributed by atoms with Crippen LogP contribution >= 0.6 is 28.7 Å². The van der Waals surface area contributed by atoms with Gasteiger partial charge in [0.1, 0.15) is 5.82 Å². The lowest BCUT2D eigenvalue weighted by Gasteiger charge is -2.16. The van der Waals surface area contributed by atoms with Crippen LogP contribution in [0.3, 0.4) is 0 Å². The maximum atomic E-state index is 13.3. The summed E-state index contributed by atoms with van der Waals surface area (Å²) in [4.78, 5) is 25.5. The summed E-state index contributed by atoms with van der Waals surface area (Å²) >= 11 is 1.23. The van der Waals surface area contributed by atoms with E-state index < -0.39 is 17.5 Å². The molecule has 2 aromatic carbocycles. The Balaban J connectivity index is 0.00000225. The van der Waals surface area contributed by atoms with Crippen LogP contribution in [0.15, 0.2) is 42.5 Å². The maximum absolute atomic E-state index is 13.3. The van der Waals surface area contributed by atoms with Crippen LogP contribution in [0.2, 0.25) is 0 Å².